The molecule has 0 unspecified atom stereocenters. The van der Waals surface area contributed by atoms with E-state index in [4.69, 9.17) is 5.26 Å². The molecule has 0 atom stereocenters. The number of aryl methyl sites for hydroxylation is 1. The molecule has 0 radical (unpaired) electrons. The fourth-order valence-corrected chi connectivity index (χ4v) is 7.26. The second-order valence-corrected chi connectivity index (χ2v) is 13.5. The van der Waals surface area contributed by atoms with Crippen LogP contribution in [0.1, 0.15) is 12.5 Å². The van der Waals surface area contributed by atoms with Crippen LogP contribution in [0.15, 0.2) is 170 Å². The Balaban J connectivity index is 0.000000749. The summed E-state index contributed by atoms with van der Waals surface area (Å²) in [6.07, 6.45) is 0. The highest BCUT2D eigenvalue weighted by Gasteiger charge is 2.14. The molecule has 0 saturated carbocycles. The van der Waals surface area contributed by atoms with E-state index in [-0.39, 0.29) is 0 Å². The van der Waals surface area contributed by atoms with Gasteiger partial charge in [0.25, 0.3) is 0 Å². The zero-order valence-electron chi connectivity index (χ0n) is 26.9. The Labute approximate surface area is 291 Å². The van der Waals surface area contributed by atoms with Gasteiger partial charge in [-0.2, -0.15) is 5.26 Å². The maximum Gasteiger partial charge on any atom is 0.0937 e. The molecule has 7 aromatic rings. The van der Waals surface area contributed by atoms with Crippen LogP contribution in [0.2, 0.25) is 0 Å². The van der Waals surface area contributed by atoms with Crippen molar-refractivity contribution in [1.82, 2.24) is 0 Å². The monoisotopic (exact) mass is 657 g/mol. The van der Waals surface area contributed by atoms with Crippen LogP contribution in [0.5, 0.6) is 0 Å². The van der Waals surface area contributed by atoms with E-state index < -0.39 is 0 Å². The van der Waals surface area contributed by atoms with Gasteiger partial charge >= 0.3 is 0 Å². The van der Waals surface area contributed by atoms with E-state index in [2.05, 4.69) is 163 Å². The molecule has 0 aliphatic carbocycles. The van der Waals surface area contributed by atoms with Crippen LogP contribution in [0.4, 0.5) is 28.4 Å². The van der Waals surface area contributed by atoms with Crippen LogP contribution in [-0.4, -0.2) is 0 Å². The Morgan fingerprint density at radius 3 is 1.44 bits per heavy atom. The standard InChI is InChI=1S/C39H30N2S2.C4H5N/c1-28-12-20-34(21-13-28)41(33-10-6-3-7-11-33)35-22-16-30(17-23-35)37-25-27-39(43-37)38-26-24-36(42-38)29-14-18-32(19-15-29)40-31-8-4-2-5-9-31;1-4(2)3-5/h2-27,40H,1H3;1H2,2H3. The second-order valence-electron chi connectivity index (χ2n) is 11.3. The summed E-state index contributed by atoms with van der Waals surface area (Å²) in [6, 6.07) is 57.9. The third-order valence-corrected chi connectivity index (χ3v) is 10.1. The van der Waals surface area contributed by atoms with Gasteiger partial charge in [0.1, 0.15) is 0 Å². The van der Waals surface area contributed by atoms with Crippen LogP contribution in [-0.2, 0) is 0 Å². The van der Waals surface area contributed by atoms with Gasteiger partial charge in [-0.3, -0.25) is 0 Å². The van der Waals surface area contributed by atoms with Crippen molar-refractivity contribution in [3.8, 4) is 36.7 Å². The summed E-state index contributed by atoms with van der Waals surface area (Å²) in [7, 11) is 0. The summed E-state index contributed by atoms with van der Waals surface area (Å²) in [5.41, 5.74) is 9.91. The number of hydrogen-bond acceptors (Lipinski definition) is 5. The van der Waals surface area contributed by atoms with E-state index in [1.54, 1.807) is 6.92 Å². The Hall–Kier alpha value is -5.67. The first-order chi connectivity index (χ1) is 23.5. The molecular formula is C43H35N3S2. The summed E-state index contributed by atoms with van der Waals surface area (Å²) in [5, 5.41) is 11.3. The summed E-state index contributed by atoms with van der Waals surface area (Å²) < 4.78 is 0. The summed E-state index contributed by atoms with van der Waals surface area (Å²) >= 11 is 3.69. The number of para-hydroxylation sites is 2. The van der Waals surface area contributed by atoms with Crippen molar-refractivity contribution in [3.63, 3.8) is 0 Å². The summed E-state index contributed by atoms with van der Waals surface area (Å²) in [6.45, 7) is 7.10. The van der Waals surface area contributed by atoms with Gasteiger partial charge in [-0.25, -0.2) is 0 Å². The number of hydrogen-bond donors (Lipinski definition) is 1. The van der Waals surface area contributed by atoms with E-state index in [1.807, 2.05) is 46.9 Å². The second kappa shape index (κ2) is 15.3. The van der Waals surface area contributed by atoms with E-state index in [9.17, 15) is 0 Å². The van der Waals surface area contributed by atoms with Crippen LogP contribution < -0.4 is 10.2 Å². The van der Waals surface area contributed by atoms with Crippen molar-refractivity contribution in [2.45, 2.75) is 13.8 Å². The van der Waals surface area contributed by atoms with Crippen molar-refractivity contribution in [2.24, 2.45) is 0 Å². The molecule has 48 heavy (non-hydrogen) atoms. The summed E-state index contributed by atoms with van der Waals surface area (Å²) in [4.78, 5) is 7.44. The number of nitrogens with zero attached hydrogens (tertiary/aromatic N) is 2. The number of thiophene rings is 2. The van der Waals surface area contributed by atoms with E-state index >= 15 is 0 Å². The molecule has 3 nitrogen and oxygen atoms in total. The molecule has 234 valence electrons. The number of anilines is 5. The normalized spacial score (nSPS) is 10.4. The van der Waals surface area contributed by atoms with Gasteiger partial charge in [0.2, 0.25) is 0 Å². The molecule has 2 heterocycles. The Kier molecular flexibility index (Phi) is 10.3. The molecule has 0 fully saturated rings. The number of benzene rings is 5. The predicted octanol–water partition coefficient (Wildman–Crippen LogP) is 13.4. The fraction of sp³-hybridized carbons (Fsp3) is 0.0465. The highest BCUT2D eigenvalue weighted by molar-refractivity contribution is 7.25. The van der Waals surface area contributed by atoms with Crippen molar-refractivity contribution < 1.29 is 0 Å². The lowest BCUT2D eigenvalue weighted by molar-refractivity contribution is 1.28. The molecule has 0 saturated heterocycles. The third-order valence-electron chi connectivity index (χ3n) is 7.59. The minimum atomic E-state index is 0.560. The van der Waals surface area contributed by atoms with Gasteiger partial charge < -0.3 is 10.2 Å². The molecule has 2 aromatic heterocycles. The first kappa shape index (κ1) is 32.3. The number of allylic oxidation sites excluding steroid dienone is 1. The van der Waals surface area contributed by atoms with Gasteiger partial charge in [0.15, 0.2) is 0 Å². The van der Waals surface area contributed by atoms with Crippen LogP contribution in [0.3, 0.4) is 0 Å². The van der Waals surface area contributed by atoms with Crippen molar-refractivity contribution >= 4 is 51.1 Å². The van der Waals surface area contributed by atoms with Crippen LogP contribution in [0.25, 0.3) is 30.6 Å². The fourth-order valence-electron chi connectivity index (χ4n) is 5.15. The smallest absolute Gasteiger partial charge is 0.0937 e. The molecule has 1 N–H and O–H groups in total. The molecule has 0 aliphatic rings. The quantitative estimate of drug-likeness (QED) is 0.165. The molecular weight excluding hydrogens is 623 g/mol. The van der Waals surface area contributed by atoms with Crippen molar-refractivity contribution in [3.05, 3.63) is 175 Å². The van der Waals surface area contributed by atoms with E-state index in [1.165, 1.54) is 36.2 Å². The highest BCUT2D eigenvalue weighted by Crippen LogP contribution is 2.41. The molecule has 0 spiro atoms. The maximum atomic E-state index is 7.79. The zero-order valence-corrected chi connectivity index (χ0v) is 28.6. The van der Waals surface area contributed by atoms with Crippen molar-refractivity contribution in [1.29, 1.82) is 5.26 Å². The average Bonchev–Trinajstić information content (AvgIpc) is 3.82. The lowest BCUT2D eigenvalue weighted by Gasteiger charge is -2.25. The molecule has 0 amide bonds. The number of nitriles is 1. The first-order valence-corrected chi connectivity index (χ1v) is 17.3. The molecule has 0 aliphatic heterocycles. The SMILES string of the molecule is C=C(C)C#N.Cc1ccc(N(c2ccccc2)c2ccc(-c3ccc(-c4ccc(-c5ccc(Nc6ccccc6)cc5)s4)s3)cc2)cc1. The average molecular weight is 658 g/mol. The molecule has 5 heteroatoms. The van der Waals surface area contributed by atoms with Gasteiger partial charge in [0, 0.05) is 53.5 Å². The van der Waals surface area contributed by atoms with Gasteiger partial charge in [-0.05, 0) is 110 Å². The predicted molar refractivity (Wildman–Crippen MR) is 208 cm³/mol. The maximum absolute atomic E-state index is 7.79. The topological polar surface area (TPSA) is 39.1 Å². The number of nitrogens with one attached hydrogen (secondary N) is 1. The first-order valence-electron chi connectivity index (χ1n) is 15.7. The lowest BCUT2D eigenvalue weighted by Crippen LogP contribution is -2.09. The molecule has 5 aromatic carbocycles. The Bertz CT molecular complexity index is 2120. The van der Waals surface area contributed by atoms with Gasteiger partial charge in [-0.1, -0.05) is 84.9 Å². The highest BCUT2D eigenvalue weighted by atomic mass is 32.1. The minimum absolute atomic E-state index is 0.560. The number of rotatable bonds is 8. The van der Waals surface area contributed by atoms with E-state index in [0.717, 1.165) is 28.4 Å². The third kappa shape index (κ3) is 8.00. The molecule has 7 rings (SSSR count). The zero-order chi connectivity index (χ0) is 33.3. The Morgan fingerprint density at radius 1 is 0.542 bits per heavy atom. The largest absolute Gasteiger partial charge is 0.356 e. The van der Waals surface area contributed by atoms with Gasteiger partial charge in [0.05, 0.1) is 6.07 Å². The minimum Gasteiger partial charge on any atom is -0.356 e. The van der Waals surface area contributed by atoms with Crippen LogP contribution in [0, 0.1) is 18.3 Å². The summed E-state index contributed by atoms with van der Waals surface area (Å²) in [5.74, 6) is 0. The van der Waals surface area contributed by atoms with E-state index in [0.29, 0.717) is 5.57 Å². The van der Waals surface area contributed by atoms with Crippen LogP contribution >= 0.6 is 22.7 Å². The lowest BCUT2D eigenvalue weighted by atomic mass is 10.1. The van der Waals surface area contributed by atoms with Crippen molar-refractivity contribution in [2.75, 3.05) is 10.2 Å². The van der Waals surface area contributed by atoms with Gasteiger partial charge in [-0.15, -0.1) is 22.7 Å². The Morgan fingerprint density at radius 2 is 0.938 bits per heavy atom. The molecule has 0 bridgehead atoms.